The Bertz CT molecular complexity index is 110. The summed E-state index contributed by atoms with van der Waals surface area (Å²) in [5.74, 6) is 1.75. The second kappa shape index (κ2) is 9.51. The third-order valence-electron chi connectivity index (χ3n) is 2.70. The molecule has 0 aliphatic heterocycles. The first-order valence-corrected chi connectivity index (χ1v) is 6.41. The van der Waals surface area contributed by atoms with Crippen LogP contribution in [-0.2, 0) is 0 Å². The third kappa shape index (κ3) is 8.55. The minimum atomic E-state index is 0.847. The van der Waals surface area contributed by atoms with Crippen LogP contribution >= 0.6 is 0 Å². The van der Waals surface area contributed by atoms with Gasteiger partial charge in [0.1, 0.15) is 0 Å². The highest BCUT2D eigenvalue weighted by atomic mass is 14.8. The van der Waals surface area contributed by atoms with Crippen molar-refractivity contribution in [1.82, 2.24) is 5.32 Å². The molecule has 1 atom stereocenters. The van der Waals surface area contributed by atoms with E-state index in [1.807, 2.05) is 0 Å². The van der Waals surface area contributed by atoms with E-state index in [1.165, 1.54) is 38.6 Å². The van der Waals surface area contributed by atoms with Crippen LogP contribution in [-0.4, -0.2) is 13.1 Å². The first kappa shape index (κ1) is 14.0. The van der Waals surface area contributed by atoms with Crippen molar-refractivity contribution in [3.63, 3.8) is 0 Å². The lowest BCUT2D eigenvalue weighted by Crippen LogP contribution is -2.23. The van der Waals surface area contributed by atoms with Crippen LogP contribution in [0.25, 0.3) is 0 Å². The summed E-state index contributed by atoms with van der Waals surface area (Å²) in [6.45, 7) is 11.5. The predicted molar refractivity (Wildman–Crippen MR) is 65.6 cm³/mol. The molecule has 0 heterocycles. The smallest absolute Gasteiger partial charge is 0.00205 e. The Morgan fingerprint density at radius 2 is 1.79 bits per heavy atom. The topological polar surface area (TPSA) is 12.0 Å². The number of unbranched alkanes of at least 4 members (excludes halogenated alkanes) is 2. The van der Waals surface area contributed by atoms with Gasteiger partial charge in [-0.1, -0.05) is 47.0 Å². The van der Waals surface area contributed by atoms with Crippen LogP contribution in [0, 0.1) is 11.8 Å². The van der Waals surface area contributed by atoms with Crippen molar-refractivity contribution in [2.75, 3.05) is 13.1 Å². The molecule has 1 nitrogen and oxygen atoms in total. The molecule has 0 aromatic carbocycles. The summed E-state index contributed by atoms with van der Waals surface area (Å²) in [5, 5.41) is 3.48. The molecule has 0 aromatic heterocycles. The molecule has 1 N–H and O–H groups in total. The summed E-state index contributed by atoms with van der Waals surface area (Å²) >= 11 is 0. The summed E-state index contributed by atoms with van der Waals surface area (Å²) in [4.78, 5) is 0. The number of nitrogens with one attached hydrogen (secondary N) is 1. The van der Waals surface area contributed by atoms with Crippen LogP contribution < -0.4 is 5.32 Å². The Hall–Kier alpha value is -0.0400. The monoisotopic (exact) mass is 199 g/mol. The van der Waals surface area contributed by atoms with E-state index < -0.39 is 0 Å². The van der Waals surface area contributed by atoms with E-state index in [0.29, 0.717) is 0 Å². The molecule has 0 saturated heterocycles. The molecule has 0 radical (unpaired) electrons. The molecule has 0 amide bonds. The van der Waals surface area contributed by atoms with Gasteiger partial charge in [0.25, 0.3) is 0 Å². The van der Waals surface area contributed by atoms with Crippen molar-refractivity contribution in [3.05, 3.63) is 0 Å². The van der Waals surface area contributed by atoms with Gasteiger partial charge >= 0.3 is 0 Å². The molecular formula is C13H29N. The van der Waals surface area contributed by atoms with E-state index in [1.54, 1.807) is 0 Å². The summed E-state index contributed by atoms with van der Waals surface area (Å²) in [7, 11) is 0. The number of hydrogen-bond acceptors (Lipinski definition) is 1. The quantitative estimate of drug-likeness (QED) is 0.556. The molecule has 1 unspecified atom stereocenters. The first-order valence-electron chi connectivity index (χ1n) is 6.41. The van der Waals surface area contributed by atoms with Gasteiger partial charge in [-0.2, -0.15) is 0 Å². The van der Waals surface area contributed by atoms with Crippen molar-refractivity contribution >= 4 is 0 Å². The Morgan fingerprint density at radius 1 is 1.07 bits per heavy atom. The van der Waals surface area contributed by atoms with E-state index >= 15 is 0 Å². The molecule has 0 spiro atoms. The molecule has 0 aliphatic carbocycles. The van der Waals surface area contributed by atoms with Gasteiger partial charge in [0.05, 0.1) is 0 Å². The zero-order valence-electron chi connectivity index (χ0n) is 10.6. The molecular weight excluding hydrogens is 170 g/mol. The standard InChI is InChI=1S/C13H29N/c1-5-7-8-9-13(10-12(3)4)11-14-6-2/h12-14H,5-11H2,1-4H3. The zero-order chi connectivity index (χ0) is 10.8. The van der Waals surface area contributed by atoms with E-state index in [9.17, 15) is 0 Å². The molecule has 86 valence electrons. The maximum absolute atomic E-state index is 3.48. The average Bonchev–Trinajstić information content (AvgIpc) is 2.13. The fraction of sp³-hybridized carbons (Fsp3) is 1.00. The third-order valence-corrected chi connectivity index (χ3v) is 2.70. The summed E-state index contributed by atoms with van der Waals surface area (Å²) in [5.41, 5.74) is 0. The Balaban J connectivity index is 3.61. The average molecular weight is 199 g/mol. The van der Waals surface area contributed by atoms with Gasteiger partial charge < -0.3 is 5.32 Å². The first-order chi connectivity index (χ1) is 6.70. The molecule has 0 fully saturated rings. The van der Waals surface area contributed by atoms with Crippen molar-refractivity contribution in [1.29, 1.82) is 0 Å². The zero-order valence-corrected chi connectivity index (χ0v) is 10.6. The van der Waals surface area contributed by atoms with Gasteiger partial charge in [-0.15, -0.1) is 0 Å². The molecule has 0 aromatic rings. The second-order valence-corrected chi connectivity index (χ2v) is 4.80. The molecule has 1 heteroatoms. The van der Waals surface area contributed by atoms with Crippen LogP contribution in [0.1, 0.15) is 59.8 Å². The summed E-state index contributed by atoms with van der Waals surface area (Å²) in [6.07, 6.45) is 6.96. The minimum absolute atomic E-state index is 0.847. The van der Waals surface area contributed by atoms with Gasteiger partial charge in [-0.25, -0.2) is 0 Å². The fourth-order valence-corrected chi connectivity index (χ4v) is 2.00. The van der Waals surface area contributed by atoms with E-state index in [0.717, 1.165) is 18.4 Å². The molecule has 14 heavy (non-hydrogen) atoms. The van der Waals surface area contributed by atoms with Crippen molar-refractivity contribution in [2.24, 2.45) is 11.8 Å². The highest BCUT2D eigenvalue weighted by Gasteiger charge is 2.09. The van der Waals surface area contributed by atoms with Crippen LogP contribution in [0.15, 0.2) is 0 Å². The maximum atomic E-state index is 3.48. The molecule has 0 aliphatic rings. The Morgan fingerprint density at radius 3 is 2.29 bits per heavy atom. The summed E-state index contributed by atoms with van der Waals surface area (Å²) < 4.78 is 0. The van der Waals surface area contributed by atoms with Crippen molar-refractivity contribution in [3.8, 4) is 0 Å². The van der Waals surface area contributed by atoms with Gasteiger partial charge in [-0.3, -0.25) is 0 Å². The second-order valence-electron chi connectivity index (χ2n) is 4.80. The van der Waals surface area contributed by atoms with E-state index in [2.05, 4.69) is 33.0 Å². The Labute approximate surface area is 90.7 Å². The minimum Gasteiger partial charge on any atom is -0.317 e. The fourth-order valence-electron chi connectivity index (χ4n) is 2.00. The van der Waals surface area contributed by atoms with Crippen molar-refractivity contribution < 1.29 is 0 Å². The van der Waals surface area contributed by atoms with Crippen molar-refractivity contribution in [2.45, 2.75) is 59.8 Å². The lowest BCUT2D eigenvalue weighted by Gasteiger charge is -2.19. The molecule has 0 saturated carbocycles. The highest BCUT2D eigenvalue weighted by Crippen LogP contribution is 2.17. The number of hydrogen-bond donors (Lipinski definition) is 1. The van der Waals surface area contributed by atoms with Crippen LogP contribution in [0.3, 0.4) is 0 Å². The van der Waals surface area contributed by atoms with Crippen LogP contribution in [0.5, 0.6) is 0 Å². The van der Waals surface area contributed by atoms with Crippen LogP contribution in [0.4, 0.5) is 0 Å². The normalized spacial score (nSPS) is 13.5. The predicted octanol–water partition coefficient (Wildman–Crippen LogP) is 3.84. The van der Waals surface area contributed by atoms with E-state index in [4.69, 9.17) is 0 Å². The van der Waals surface area contributed by atoms with E-state index in [-0.39, 0.29) is 0 Å². The Kier molecular flexibility index (Phi) is 9.49. The van der Waals surface area contributed by atoms with Gasteiger partial charge in [0, 0.05) is 0 Å². The molecule has 0 rings (SSSR count). The largest absolute Gasteiger partial charge is 0.317 e. The number of rotatable bonds is 9. The SMILES string of the molecule is CCCCCC(CNCC)CC(C)C. The highest BCUT2D eigenvalue weighted by molar-refractivity contribution is 4.64. The van der Waals surface area contributed by atoms with Crippen LogP contribution in [0.2, 0.25) is 0 Å². The van der Waals surface area contributed by atoms with Gasteiger partial charge in [-0.05, 0) is 37.8 Å². The van der Waals surface area contributed by atoms with Gasteiger partial charge in [0.2, 0.25) is 0 Å². The maximum Gasteiger partial charge on any atom is -0.00205 e. The van der Waals surface area contributed by atoms with Gasteiger partial charge in [0.15, 0.2) is 0 Å². The lowest BCUT2D eigenvalue weighted by atomic mass is 9.92. The lowest BCUT2D eigenvalue weighted by molar-refractivity contribution is 0.358. The molecule has 0 bridgehead atoms. The summed E-state index contributed by atoms with van der Waals surface area (Å²) in [6, 6.07) is 0.